The second-order valence-corrected chi connectivity index (χ2v) is 7.07. The molecule has 0 unspecified atom stereocenters. The molecule has 0 radical (unpaired) electrons. The highest BCUT2D eigenvalue weighted by Crippen LogP contribution is 2.46. The molecule has 1 aromatic rings. The van der Waals surface area contributed by atoms with Crippen LogP contribution in [0, 0.1) is 0 Å². The Labute approximate surface area is 148 Å². The Morgan fingerprint density at radius 3 is 2.76 bits per heavy atom. The average molecular weight is 344 g/mol. The minimum absolute atomic E-state index is 0.286. The monoisotopic (exact) mass is 344 g/mol. The van der Waals surface area contributed by atoms with E-state index < -0.39 is 0 Å². The Balaban J connectivity index is 1.60. The standard InChI is InChI=1S/C19H25FN4O/c1-23-10-13(8-16(20)19(23)25-3)21-9-15-14(12-4-5-12)6-7-17-18(15)24(2)11-22-17/h6-8,12,21-22H,4-5,9-11H2,1-3H3. The van der Waals surface area contributed by atoms with Gasteiger partial charge in [0.1, 0.15) is 0 Å². The third-order valence-electron chi connectivity index (χ3n) is 5.17. The largest absolute Gasteiger partial charge is 0.480 e. The molecule has 0 atom stereocenters. The van der Waals surface area contributed by atoms with Gasteiger partial charge in [-0.2, -0.15) is 0 Å². The molecule has 0 bridgehead atoms. The third kappa shape index (κ3) is 2.90. The van der Waals surface area contributed by atoms with Crippen LogP contribution >= 0.6 is 0 Å². The SMILES string of the molecule is COC1=C(F)C=C(NCc2c(C3CC3)ccc3c2N(C)CN3)CN1C. The zero-order valence-corrected chi connectivity index (χ0v) is 15.0. The van der Waals surface area contributed by atoms with E-state index in [1.807, 2.05) is 7.05 Å². The Bertz CT molecular complexity index is 754. The summed E-state index contributed by atoms with van der Waals surface area (Å²) >= 11 is 0. The van der Waals surface area contributed by atoms with Crippen LogP contribution in [0.15, 0.2) is 35.6 Å². The molecule has 4 rings (SSSR count). The van der Waals surface area contributed by atoms with E-state index in [0.717, 1.165) is 12.4 Å². The number of hydrogen-bond donors (Lipinski definition) is 2. The van der Waals surface area contributed by atoms with E-state index in [0.29, 0.717) is 19.0 Å². The van der Waals surface area contributed by atoms with Gasteiger partial charge in [0, 0.05) is 38.0 Å². The fourth-order valence-electron chi connectivity index (χ4n) is 3.81. The van der Waals surface area contributed by atoms with E-state index in [1.54, 1.807) is 11.0 Å². The van der Waals surface area contributed by atoms with Gasteiger partial charge in [0.15, 0.2) is 5.83 Å². The third-order valence-corrected chi connectivity index (χ3v) is 5.17. The zero-order valence-electron chi connectivity index (χ0n) is 15.0. The average Bonchev–Trinajstić information content (AvgIpc) is 3.36. The summed E-state index contributed by atoms with van der Waals surface area (Å²) in [7, 11) is 5.44. The Morgan fingerprint density at radius 2 is 2.08 bits per heavy atom. The fraction of sp³-hybridized carbons (Fsp3) is 0.474. The molecular weight excluding hydrogens is 319 g/mol. The highest BCUT2D eigenvalue weighted by Gasteiger charge is 2.30. The Morgan fingerprint density at radius 1 is 1.28 bits per heavy atom. The molecule has 2 heterocycles. The lowest BCUT2D eigenvalue weighted by molar-refractivity contribution is 0.164. The van der Waals surface area contributed by atoms with E-state index in [9.17, 15) is 4.39 Å². The van der Waals surface area contributed by atoms with Crippen molar-refractivity contribution in [2.45, 2.75) is 25.3 Å². The molecule has 0 saturated heterocycles. The van der Waals surface area contributed by atoms with Crippen molar-refractivity contribution in [3.63, 3.8) is 0 Å². The lowest BCUT2D eigenvalue weighted by Crippen LogP contribution is -2.31. The van der Waals surface area contributed by atoms with Crippen LogP contribution in [0.25, 0.3) is 0 Å². The van der Waals surface area contributed by atoms with Gasteiger partial charge in [0.05, 0.1) is 31.7 Å². The molecule has 3 aliphatic rings. The number of anilines is 2. The summed E-state index contributed by atoms with van der Waals surface area (Å²) in [6, 6.07) is 4.45. The van der Waals surface area contributed by atoms with Gasteiger partial charge in [0.2, 0.25) is 5.88 Å². The maximum absolute atomic E-state index is 14.2. The van der Waals surface area contributed by atoms with Crippen molar-refractivity contribution in [2.75, 3.05) is 44.6 Å². The van der Waals surface area contributed by atoms with Crippen LogP contribution in [-0.4, -0.2) is 39.3 Å². The maximum Gasteiger partial charge on any atom is 0.226 e. The van der Waals surface area contributed by atoms with Gasteiger partial charge >= 0.3 is 0 Å². The van der Waals surface area contributed by atoms with Crippen LogP contribution in [0.4, 0.5) is 15.8 Å². The number of hydrogen-bond acceptors (Lipinski definition) is 5. The van der Waals surface area contributed by atoms with Crippen LogP contribution in [0.3, 0.4) is 0 Å². The fourth-order valence-corrected chi connectivity index (χ4v) is 3.81. The van der Waals surface area contributed by atoms with Gasteiger partial charge in [-0.3, -0.25) is 0 Å². The first-order valence-electron chi connectivity index (χ1n) is 8.78. The van der Waals surface area contributed by atoms with Gasteiger partial charge in [-0.1, -0.05) is 6.07 Å². The van der Waals surface area contributed by atoms with Crippen molar-refractivity contribution < 1.29 is 9.13 Å². The summed E-state index contributed by atoms with van der Waals surface area (Å²) in [6.45, 7) is 2.14. The van der Waals surface area contributed by atoms with Gasteiger partial charge in [-0.05, 0) is 30.4 Å². The van der Waals surface area contributed by atoms with E-state index in [1.165, 1.54) is 42.5 Å². The molecule has 1 aromatic carbocycles. The molecule has 0 spiro atoms. The zero-order chi connectivity index (χ0) is 17.6. The number of halogens is 1. The van der Waals surface area contributed by atoms with Crippen molar-refractivity contribution in [3.8, 4) is 0 Å². The first-order chi connectivity index (χ1) is 12.1. The summed E-state index contributed by atoms with van der Waals surface area (Å²) in [4.78, 5) is 4.03. The minimum atomic E-state index is -0.335. The van der Waals surface area contributed by atoms with Crippen LogP contribution in [0.1, 0.15) is 29.9 Å². The molecule has 1 saturated carbocycles. The van der Waals surface area contributed by atoms with Gasteiger partial charge < -0.3 is 25.2 Å². The second kappa shape index (κ2) is 6.17. The summed E-state index contributed by atoms with van der Waals surface area (Å²) < 4.78 is 19.3. The van der Waals surface area contributed by atoms with Crippen molar-refractivity contribution in [1.29, 1.82) is 0 Å². The lowest BCUT2D eigenvalue weighted by atomic mass is 9.99. The first-order valence-corrected chi connectivity index (χ1v) is 8.78. The molecule has 25 heavy (non-hydrogen) atoms. The van der Waals surface area contributed by atoms with Crippen LogP contribution in [0.2, 0.25) is 0 Å². The van der Waals surface area contributed by atoms with E-state index >= 15 is 0 Å². The summed E-state index contributed by atoms with van der Waals surface area (Å²) in [5.74, 6) is 0.628. The lowest BCUT2D eigenvalue weighted by Gasteiger charge is -2.27. The topological polar surface area (TPSA) is 39.8 Å². The number of ether oxygens (including phenoxy) is 1. The van der Waals surface area contributed by atoms with Crippen molar-refractivity contribution in [3.05, 3.63) is 46.7 Å². The summed E-state index contributed by atoms with van der Waals surface area (Å²) in [5.41, 5.74) is 6.09. The predicted molar refractivity (Wildman–Crippen MR) is 98.0 cm³/mol. The number of benzene rings is 1. The van der Waals surface area contributed by atoms with Gasteiger partial charge in [-0.25, -0.2) is 4.39 Å². The van der Waals surface area contributed by atoms with E-state index in [4.69, 9.17) is 4.74 Å². The Hall–Kier alpha value is -2.37. The molecule has 0 aromatic heterocycles. The number of likely N-dealkylation sites (N-methyl/N-ethyl adjacent to an activating group) is 1. The van der Waals surface area contributed by atoms with Gasteiger partial charge in [-0.15, -0.1) is 0 Å². The highest BCUT2D eigenvalue weighted by atomic mass is 19.1. The molecular formula is C19H25FN4O. The molecule has 5 nitrogen and oxygen atoms in total. The molecule has 6 heteroatoms. The number of allylic oxidation sites excluding steroid dienone is 2. The number of rotatable bonds is 5. The van der Waals surface area contributed by atoms with Crippen LogP contribution in [0.5, 0.6) is 0 Å². The quantitative estimate of drug-likeness (QED) is 0.859. The van der Waals surface area contributed by atoms with Crippen LogP contribution in [-0.2, 0) is 11.3 Å². The smallest absolute Gasteiger partial charge is 0.226 e. The molecule has 134 valence electrons. The number of methoxy groups -OCH3 is 1. The molecule has 2 aliphatic heterocycles. The normalized spacial score (nSPS) is 19.6. The molecule has 0 amide bonds. The minimum Gasteiger partial charge on any atom is -0.480 e. The van der Waals surface area contributed by atoms with Gasteiger partial charge in [0.25, 0.3) is 0 Å². The molecule has 2 N–H and O–H groups in total. The molecule has 1 aliphatic carbocycles. The Kier molecular flexibility index (Phi) is 3.98. The van der Waals surface area contributed by atoms with Crippen molar-refractivity contribution in [2.24, 2.45) is 0 Å². The summed E-state index contributed by atoms with van der Waals surface area (Å²) in [6.07, 6.45) is 4.08. The number of nitrogens with zero attached hydrogens (tertiary/aromatic N) is 2. The van der Waals surface area contributed by atoms with Crippen molar-refractivity contribution in [1.82, 2.24) is 10.2 Å². The molecule has 1 fully saturated rings. The highest BCUT2D eigenvalue weighted by molar-refractivity contribution is 5.79. The van der Waals surface area contributed by atoms with E-state index in [-0.39, 0.29) is 11.7 Å². The number of nitrogens with one attached hydrogen (secondary N) is 2. The summed E-state index contributed by atoms with van der Waals surface area (Å²) in [5, 5.41) is 6.89. The maximum atomic E-state index is 14.2. The van der Waals surface area contributed by atoms with Crippen molar-refractivity contribution >= 4 is 11.4 Å². The first kappa shape index (κ1) is 16.1. The second-order valence-electron chi connectivity index (χ2n) is 7.07. The number of fused-ring (bicyclic) bond motifs is 1. The predicted octanol–water partition coefficient (Wildman–Crippen LogP) is 3.09. The van der Waals surface area contributed by atoms with Crippen LogP contribution < -0.4 is 15.5 Å². The van der Waals surface area contributed by atoms with E-state index in [2.05, 4.69) is 34.7 Å².